The Bertz CT molecular complexity index is 753. The predicted octanol–water partition coefficient (Wildman–Crippen LogP) is 3.96. The predicted molar refractivity (Wildman–Crippen MR) is 87.4 cm³/mol. The summed E-state index contributed by atoms with van der Waals surface area (Å²) < 4.78 is 37.6. The van der Waals surface area contributed by atoms with Gasteiger partial charge in [0.1, 0.15) is 4.88 Å². The summed E-state index contributed by atoms with van der Waals surface area (Å²) in [6.07, 6.45) is -4.06. The second-order valence-corrected chi connectivity index (χ2v) is 6.76. The number of carboxylic acids is 1. The summed E-state index contributed by atoms with van der Waals surface area (Å²) in [5, 5.41) is 11.6. The molecule has 1 atom stereocenters. The minimum atomic E-state index is -4.38. The zero-order valence-electron chi connectivity index (χ0n) is 13.3. The van der Waals surface area contributed by atoms with E-state index in [9.17, 15) is 22.8 Å². The van der Waals surface area contributed by atoms with Crippen molar-refractivity contribution in [3.05, 3.63) is 57.3 Å². The van der Waals surface area contributed by atoms with Gasteiger partial charge in [0.2, 0.25) is 5.91 Å². The fourth-order valence-corrected chi connectivity index (χ4v) is 3.00. The van der Waals surface area contributed by atoms with Gasteiger partial charge in [0.05, 0.1) is 12.1 Å². The lowest BCUT2D eigenvalue weighted by molar-refractivity contribution is -0.137. The molecule has 1 aromatic carbocycles. The maximum atomic E-state index is 12.5. The van der Waals surface area contributed by atoms with Crippen LogP contribution in [0.25, 0.3) is 0 Å². The van der Waals surface area contributed by atoms with Gasteiger partial charge in [-0.25, -0.2) is 4.79 Å². The Morgan fingerprint density at radius 1 is 1.16 bits per heavy atom. The van der Waals surface area contributed by atoms with Gasteiger partial charge in [0, 0.05) is 10.8 Å². The zero-order valence-corrected chi connectivity index (χ0v) is 14.1. The number of thiophene rings is 1. The Morgan fingerprint density at radius 2 is 1.80 bits per heavy atom. The van der Waals surface area contributed by atoms with Crippen LogP contribution in [-0.4, -0.2) is 17.0 Å². The first-order valence-corrected chi connectivity index (χ1v) is 8.24. The van der Waals surface area contributed by atoms with E-state index in [1.165, 1.54) is 18.2 Å². The SMILES string of the molecule is CC(Cc1ccc(C(F)(F)F)cc1)C(=O)NCc1ccc(C(=O)O)s1. The van der Waals surface area contributed by atoms with Crippen molar-refractivity contribution in [2.24, 2.45) is 5.92 Å². The Morgan fingerprint density at radius 3 is 2.32 bits per heavy atom. The highest BCUT2D eigenvalue weighted by Gasteiger charge is 2.30. The van der Waals surface area contributed by atoms with Crippen LogP contribution < -0.4 is 5.32 Å². The van der Waals surface area contributed by atoms with Crippen molar-refractivity contribution in [2.45, 2.75) is 26.1 Å². The van der Waals surface area contributed by atoms with Crippen LogP contribution in [0.15, 0.2) is 36.4 Å². The van der Waals surface area contributed by atoms with E-state index in [-0.39, 0.29) is 17.3 Å². The number of carbonyl (C=O) groups is 2. The molecule has 0 aliphatic rings. The molecule has 1 unspecified atom stereocenters. The van der Waals surface area contributed by atoms with E-state index in [0.717, 1.165) is 23.5 Å². The number of halogens is 3. The summed E-state index contributed by atoms with van der Waals surface area (Å²) in [6.45, 7) is 1.90. The first-order chi connectivity index (χ1) is 11.7. The monoisotopic (exact) mass is 371 g/mol. The number of hydrogen-bond donors (Lipinski definition) is 2. The quantitative estimate of drug-likeness (QED) is 0.808. The molecule has 25 heavy (non-hydrogen) atoms. The molecule has 134 valence electrons. The third kappa shape index (κ3) is 5.32. The van der Waals surface area contributed by atoms with Gasteiger partial charge in [-0.2, -0.15) is 13.2 Å². The summed E-state index contributed by atoms with van der Waals surface area (Å²) in [5.41, 5.74) is -0.0831. The minimum Gasteiger partial charge on any atom is -0.477 e. The zero-order chi connectivity index (χ0) is 18.6. The van der Waals surface area contributed by atoms with Gasteiger partial charge in [-0.1, -0.05) is 19.1 Å². The normalized spacial score (nSPS) is 12.6. The molecular weight excluding hydrogens is 355 g/mol. The van der Waals surface area contributed by atoms with Crippen LogP contribution >= 0.6 is 11.3 Å². The molecule has 0 spiro atoms. The van der Waals surface area contributed by atoms with Gasteiger partial charge < -0.3 is 10.4 Å². The maximum absolute atomic E-state index is 12.5. The maximum Gasteiger partial charge on any atom is 0.416 e. The van der Waals surface area contributed by atoms with E-state index in [4.69, 9.17) is 5.11 Å². The highest BCUT2D eigenvalue weighted by atomic mass is 32.1. The average molecular weight is 371 g/mol. The molecule has 0 fully saturated rings. The molecule has 8 heteroatoms. The van der Waals surface area contributed by atoms with Gasteiger partial charge in [-0.3, -0.25) is 4.79 Å². The number of amides is 1. The third-order valence-corrected chi connectivity index (χ3v) is 4.65. The Balaban J connectivity index is 1.88. The van der Waals surface area contributed by atoms with Crippen molar-refractivity contribution in [3.8, 4) is 0 Å². The molecule has 0 aliphatic carbocycles. The van der Waals surface area contributed by atoms with Crippen molar-refractivity contribution in [1.29, 1.82) is 0 Å². The van der Waals surface area contributed by atoms with E-state index in [1.54, 1.807) is 13.0 Å². The summed E-state index contributed by atoms with van der Waals surface area (Å²) in [7, 11) is 0. The molecule has 0 saturated carbocycles. The van der Waals surface area contributed by atoms with Crippen LogP contribution in [0.1, 0.15) is 32.6 Å². The number of benzene rings is 1. The van der Waals surface area contributed by atoms with Crippen LogP contribution in [0.2, 0.25) is 0 Å². The summed E-state index contributed by atoms with van der Waals surface area (Å²) in [4.78, 5) is 23.8. The molecular formula is C17H16F3NO3S. The Kier molecular flexibility index (Phi) is 5.84. The lowest BCUT2D eigenvalue weighted by Crippen LogP contribution is -2.29. The fourth-order valence-electron chi connectivity index (χ4n) is 2.21. The van der Waals surface area contributed by atoms with Crippen LogP contribution in [0.4, 0.5) is 13.2 Å². The summed E-state index contributed by atoms with van der Waals surface area (Å²) >= 11 is 1.08. The van der Waals surface area contributed by atoms with Crippen molar-refractivity contribution >= 4 is 23.2 Å². The van der Waals surface area contributed by atoms with Gasteiger partial charge in [0.15, 0.2) is 0 Å². The summed E-state index contributed by atoms with van der Waals surface area (Å²) in [6, 6.07) is 7.84. The number of carboxylic acid groups (broad SMARTS) is 1. The van der Waals surface area contributed by atoms with Crippen LogP contribution in [0, 0.1) is 5.92 Å². The topological polar surface area (TPSA) is 66.4 Å². The first-order valence-electron chi connectivity index (χ1n) is 7.42. The molecule has 1 amide bonds. The van der Waals surface area contributed by atoms with E-state index in [1.807, 2.05) is 0 Å². The average Bonchev–Trinajstić information content (AvgIpc) is 3.01. The molecule has 0 aliphatic heterocycles. The second kappa shape index (κ2) is 7.69. The molecule has 0 saturated heterocycles. The smallest absolute Gasteiger partial charge is 0.416 e. The van der Waals surface area contributed by atoms with Crippen molar-refractivity contribution in [1.82, 2.24) is 5.32 Å². The number of nitrogens with one attached hydrogen (secondary N) is 1. The largest absolute Gasteiger partial charge is 0.477 e. The van der Waals surface area contributed by atoms with Gasteiger partial charge in [0.25, 0.3) is 0 Å². The lowest BCUT2D eigenvalue weighted by Gasteiger charge is -2.13. The molecule has 2 N–H and O–H groups in total. The van der Waals surface area contributed by atoms with Gasteiger partial charge in [-0.15, -0.1) is 11.3 Å². The number of hydrogen-bond acceptors (Lipinski definition) is 3. The standard InChI is InChI=1S/C17H16F3NO3S/c1-10(8-11-2-4-12(5-3-11)17(18,19)20)15(22)21-9-13-6-7-14(25-13)16(23)24/h2-7,10H,8-9H2,1H3,(H,21,22)(H,23,24). The van der Waals surface area contributed by atoms with Crippen molar-refractivity contribution in [2.75, 3.05) is 0 Å². The minimum absolute atomic E-state index is 0.196. The Hall–Kier alpha value is -2.35. The molecule has 4 nitrogen and oxygen atoms in total. The van der Waals surface area contributed by atoms with Crippen LogP contribution in [-0.2, 0) is 23.9 Å². The Labute approximate surface area is 146 Å². The van der Waals surface area contributed by atoms with Crippen LogP contribution in [0.5, 0.6) is 0 Å². The fraction of sp³-hybridized carbons (Fsp3) is 0.294. The van der Waals surface area contributed by atoms with Gasteiger partial charge >= 0.3 is 12.1 Å². The van der Waals surface area contributed by atoms with E-state index in [2.05, 4.69) is 5.32 Å². The number of alkyl halides is 3. The number of rotatable bonds is 6. The van der Waals surface area contributed by atoms with Gasteiger partial charge in [-0.05, 0) is 36.2 Å². The third-order valence-electron chi connectivity index (χ3n) is 3.58. The van der Waals surface area contributed by atoms with E-state index in [0.29, 0.717) is 16.9 Å². The van der Waals surface area contributed by atoms with E-state index >= 15 is 0 Å². The number of carbonyl (C=O) groups excluding carboxylic acids is 1. The molecule has 1 heterocycles. The highest BCUT2D eigenvalue weighted by Crippen LogP contribution is 2.29. The first kappa shape index (κ1) is 19.0. The van der Waals surface area contributed by atoms with Crippen molar-refractivity contribution < 1.29 is 27.9 Å². The molecule has 2 aromatic rings. The van der Waals surface area contributed by atoms with Crippen LogP contribution in [0.3, 0.4) is 0 Å². The molecule has 1 aromatic heterocycles. The highest BCUT2D eigenvalue weighted by molar-refractivity contribution is 7.13. The molecule has 0 radical (unpaired) electrons. The number of aromatic carboxylic acids is 1. The lowest BCUT2D eigenvalue weighted by atomic mass is 9.99. The molecule has 2 rings (SSSR count). The summed E-state index contributed by atoms with van der Waals surface area (Å²) in [5.74, 6) is -1.68. The second-order valence-electron chi connectivity index (χ2n) is 5.59. The van der Waals surface area contributed by atoms with E-state index < -0.39 is 23.6 Å². The van der Waals surface area contributed by atoms with Crippen molar-refractivity contribution in [3.63, 3.8) is 0 Å². The molecule has 0 bridgehead atoms.